The first-order chi connectivity index (χ1) is 16.6. The third-order valence-corrected chi connectivity index (χ3v) is 6.34. The molecule has 11 heteroatoms. The smallest absolute Gasteiger partial charge is 0.410 e. The number of allylic oxidation sites excluding steroid dienone is 1. The summed E-state index contributed by atoms with van der Waals surface area (Å²) in [4.78, 5) is 21.4. The maximum atomic E-state index is 12.8. The molecule has 2 aliphatic heterocycles. The molecule has 2 aromatic rings. The summed E-state index contributed by atoms with van der Waals surface area (Å²) >= 11 is 0. The van der Waals surface area contributed by atoms with Crippen LogP contribution in [0.4, 0.5) is 10.6 Å². The lowest BCUT2D eigenvalue weighted by molar-refractivity contribution is 0.0288. The van der Waals surface area contributed by atoms with Gasteiger partial charge in [0.15, 0.2) is 5.65 Å². The summed E-state index contributed by atoms with van der Waals surface area (Å²) in [5, 5.41) is 22.9. The lowest BCUT2D eigenvalue weighted by Gasteiger charge is -2.35. The monoisotopic (exact) mass is 480 g/mol. The zero-order valence-corrected chi connectivity index (χ0v) is 20.6. The summed E-state index contributed by atoms with van der Waals surface area (Å²) in [7, 11) is 0. The van der Waals surface area contributed by atoms with Crippen LogP contribution in [0, 0.1) is 16.7 Å². The van der Waals surface area contributed by atoms with Gasteiger partial charge in [0.25, 0.3) is 0 Å². The molecular weight excluding hydrogens is 448 g/mol. The summed E-state index contributed by atoms with van der Waals surface area (Å²) < 4.78 is 12.6. The Kier molecular flexibility index (Phi) is 6.42. The van der Waals surface area contributed by atoms with Crippen molar-refractivity contribution in [2.45, 2.75) is 51.2 Å². The van der Waals surface area contributed by atoms with E-state index in [0.29, 0.717) is 49.6 Å². The number of pyridine rings is 1. The Morgan fingerprint density at radius 2 is 2.20 bits per heavy atom. The average molecular weight is 481 g/mol. The number of nitrogens with zero attached hydrogens (tertiary/aromatic N) is 6. The molecule has 4 rings (SSSR count). The van der Waals surface area contributed by atoms with Crippen LogP contribution >= 0.6 is 0 Å². The van der Waals surface area contributed by atoms with Crippen molar-refractivity contribution in [3.05, 3.63) is 23.9 Å². The van der Waals surface area contributed by atoms with Crippen molar-refractivity contribution in [3.63, 3.8) is 0 Å². The van der Waals surface area contributed by atoms with Gasteiger partial charge < -0.3 is 30.4 Å². The number of morpholine rings is 1. The molecule has 0 aromatic carbocycles. The van der Waals surface area contributed by atoms with Crippen LogP contribution in [0.3, 0.4) is 0 Å². The SMILES string of the molecule is C[C@@H]1COCCN1c1cc(C2(C#N)CCN(C(=O)OC(C)(C)C)C2)c2cnn(C(N)=CC=N)c2n1. The molecule has 2 aromatic heterocycles. The number of ether oxygens (including phenoxy) is 2. The van der Waals surface area contributed by atoms with E-state index < -0.39 is 17.1 Å². The number of rotatable bonds is 4. The molecule has 35 heavy (non-hydrogen) atoms. The Hall–Kier alpha value is -3.65. The van der Waals surface area contributed by atoms with Crippen molar-refractivity contribution in [2.24, 2.45) is 5.73 Å². The first-order valence-corrected chi connectivity index (χ1v) is 11.7. The number of nitriles is 1. The van der Waals surface area contributed by atoms with Crippen molar-refractivity contribution in [2.75, 3.05) is 37.7 Å². The van der Waals surface area contributed by atoms with Gasteiger partial charge in [-0.25, -0.2) is 9.78 Å². The van der Waals surface area contributed by atoms with Gasteiger partial charge in [0, 0.05) is 31.2 Å². The van der Waals surface area contributed by atoms with Crippen molar-refractivity contribution < 1.29 is 14.3 Å². The highest BCUT2D eigenvalue weighted by Crippen LogP contribution is 2.40. The molecule has 0 spiro atoms. The Morgan fingerprint density at radius 1 is 1.43 bits per heavy atom. The van der Waals surface area contributed by atoms with Gasteiger partial charge in [-0.1, -0.05) is 0 Å². The zero-order chi connectivity index (χ0) is 25.4. The minimum atomic E-state index is -0.962. The van der Waals surface area contributed by atoms with E-state index in [-0.39, 0.29) is 18.4 Å². The number of hydrogen-bond donors (Lipinski definition) is 2. The predicted octanol–water partition coefficient (Wildman–Crippen LogP) is 2.47. The minimum absolute atomic E-state index is 0.0901. The largest absolute Gasteiger partial charge is 0.444 e. The molecule has 4 heterocycles. The molecule has 0 bridgehead atoms. The lowest BCUT2D eigenvalue weighted by atomic mass is 9.80. The Balaban J connectivity index is 1.84. The van der Waals surface area contributed by atoms with Crippen molar-refractivity contribution in [1.82, 2.24) is 19.7 Å². The molecule has 0 radical (unpaired) electrons. The Bertz CT molecular complexity index is 1210. The highest BCUT2D eigenvalue weighted by molar-refractivity contribution is 5.87. The predicted molar refractivity (Wildman–Crippen MR) is 132 cm³/mol. The molecule has 1 amide bonds. The van der Waals surface area contributed by atoms with Crippen molar-refractivity contribution in [1.29, 1.82) is 10.7 Å². The van der Waals surface area contributed by atoms with Gasteiger partial charge in [0.05, 0.1) is 31.5 Å². The fraction of sp³-hybridized carbons (Fsp3) is 0.542. The van der Waals surface area contributed by atoms with E-state index in [2.05, 4.69) is 23.0 Å². The molecular formula is C24H32N8O3. The average Bonchev–Trinajstić information content (AvgIpc) is 3.43. The highest BCUT2D eigenvalue weighted by atomic mass is 16.6. The number of fused-ring (bicyclic) bond motifs is 1. The van der Waals surface area contributed by atoms with Crippen LogP contribution in [-0.4, -0.2) is 76.5 Å². The van der Waals surface area contributed by atoms with Crippen LogP contribution in [-0.2, 0) is 14.9 Å². The number of carbonyl (C=O) groups excluding carboxylic acids is 1. The normalized spacial score (nSPS) is 23.4. The maximum Gasteiger partial charge on any atom is 0.410 e. The Morgan fingerprint density at radius 3 is 2.86 bits per heavy atom. The fourth-order valence-electron chi connectivity index (χ4n) is 4.61. The molecule has 186 valence electrons. The van der Waals surface area contributed by atoms with Gasteiger partial charge >= 0.3 is 6.09 Å². The van der Waals surface area contributed by atoms with Gasteiger partial charge in [0.2, 0.25) is 0 Å². The summed E-state index contributed by atoms with van der Waals surface area (Å²) in [6.07, 6.45) is 4.18. The number of nitrogens with two attached hydrogens (primary N) is 1. The Labute approximate surface area is 204 Å². The highest BCUT2D eigenvalue weighted by Gasteiger charge is 2.45. The van der Waals surface area contributed by atoms with Gasteiger partial charge in [0.1, 0.15) is 22.7 Å². The molecule has 11 nitrogen and oxygen atoms in total. The van der Waals surface area contributed by atoms with Crippen LogP contribution < -0.4 is 10.6 Å². The van der Waals surface area contributed by atoms with Crippen LogP contribution in [0.25, 0.3) is 16.9 Å². The first kappa shape index (κ1) is 24.5. The number of amides is 1. The zero-order valence-electron chi connectivity index (χ0n) is 20.6. The topological polar surface area (TPSA) is 146 Å². The van der Waals surface area contributed by atoms with E-state index in [4.69, 9.17) is 25.6 Å². The lowest BCUT2D eigenvalue weighted by Crippen LogP contribution is -2.44. The van der Waals surface area contributed by atoms with E-state index in [0.717, 1.165) is 11.8 Å². The maximum absolute atomic E-state index is 12.8. The number of likely N-dealkylation sites (tertiary alicyclic amines) is 1. The van der Waals surface area contributed by atoms with E-state index in [1.165, 1.54) is 10.8 Å². The third-order valence-electron chi connectivity index (χ3n) is 6.34. The molecule has 2 atom stereocenters. The quantitative estimate of drug-likeness (QED) is 0.635. The van der Waals surface area contributed by atoms with Gasteiger partial charge in [-0.15, -0.1) is 0 Å². The second kappa shape index (κ2) is 9.19. The van der Waals surface area contributed by atoms with Crippen molar-refractivity contribution >= 4 is 35.0 Å². The van der Waals surface area contributed by atoms with E-state index in [9.17, 15) is 10.1 Å². The van der Waals surface area contributed by atoms with Crippen molar-refractivity contribution in [3.8, 4) is 6.07 Å². The fourth-order valence-corrected chi connectivity index (χ4v) is 4.61. The van der Waals surface area contributed by atoms with E-state index in [1.807, 2.05) is 26.8 Å². The number of anilines is 1. The third kappa shape index (κ3) is 4.66. The van der Waals surface area contributed by atoms with Crippen LogP contribution in [0.1, 0.15) is 39.7 Å². The number of hydrogen-bond acceptors (Lipinski definition) is 9. The molecule has 1 unspecified atom stereocenters. The van der Waals surface area contributed by atoms with Gasteiger partial charge in [-0.2, -0.15) is 15.0 Å². The molecule has 2 fully saturated rings. The van der Waals surface area contributed by atoms with Crippen LogP contribution in [0.2, 0.25) is 0 Å². The molecule has 3 N–H and O–H groups in total. The van der Waals surface area contributed by atoms with Gasteiger partial charge in [-0.05, 0) is 51.8 Å². The minimum Gasteiger partial charge on any atom is -0.444 e. The summed E-state index contributed by atoms with van der Waals surface area (Å²) in [5.74, 6) is 0.937. The first-order valence-electron chi connectivity index (χ1n) is 11.7. The summed E-state index contributed by atoms with van der Waals surface area (Å²) in [6.45, 7) is 9.92. The second-order valence-electron chi connectivity index (χ2n) is 10.0. The standard InChI is InChI=1S/C24H32N8O3/c1-16-13-34-10-9-31(16)20-11-18(17-12-28-32(21(17)29-20)19(27)5-7-25)24(14-26)6-8-30(15-24)22(33)35-23(2,3)4/h5,7,11-12,16,25H,6,8-10,13,15,27H2,1-4H3/t16-,24?/m1/s1. The number of carbonyl (C=O) groups is 1. The molecule has 0 aliphatic carbocycles. The molecule has 0 saturated carbocycles. The summed E-state index contributed by atoms with van der Waals surface area (Å²) in [6, 6.07) is 4.53. The summed E-state index contributed by atoms with van der Waals surface area (Å²) in [5.41, 5.74) is 5.82. The molecule has 2 saturated heterocycles. The van der Waals surface area contributed by atoms with E-state index >= 15 is 0 Å². The van der Waals surface area contributed by atoms with Crippen LogP contribution in [0.5, 0.6) is 0 Å². The molecule has 2 aliphatic rings. The van der Waals surface area contributed by atoms with E-state index in [1.54, 1.807) is 11.1 Å². The van der Waals surface area contributed by atoms with Gasteiger partial charge in [-0.3, -0.25) is 0 Å². The second-order valence-corrected chi connectivity index (χ2v) is 10.0. The van der Waals surface area contributed by atoms with Crippen LogP contribution in [0.15, 0.2) is 18.3 Å². The number of aromatic nitrogens is 3. The number of nitrogens with one attached hydrogen (secondary N) is 1.